The summed E-state index contributed by atoms with van der Waals surface area (Å²) >= 11 is 4.70. The zero-order chi connectivity index (χ0) is 15.1. The zero-order valence-electron chi connectivity index (χ0n) is 11.3. The normalized spacial score (nSPS) is 11.8. The molecule has 0 heterocycles. The van der Waals surface area contributed by atoms with Crippen LogP contribution in [0.5, 0.6) is 5.75 Å². The largest absolute Gasteiger partial charge is 0.481 e. The third kappa shape index (κ3) is 4.75. The third-order valence-electron chi connectivity index (χ3n) is 2.49. The van der Waals surface area contributed by atoms with Crippen LogP contribution in [0.15, 0.2) is 18.2 Å². The van der Waals surface area contributed by atoms with Gasteiger partial charge < -0.3 is 20.5 Å². The maximum Gasteiger partial charge on any atom is 0.260 e. The Balaban J connectivity index is 2.62. The van der Waals surface area contributed by atoms with Gasteiger partial charge in [0.2, 0.25) is 0 Å². The van der Waals surface area contributed by atoms with E-state index < -0.39 is 11.9 Å². The van der Waals surface area contributed by atoms with Crippen LogP contribution >= 0.6 is 12.2 Å². The van der Waals surface area contributed by atoms with Crippen molar-refractivity contribution in [2.24, 2.45) is 5.73 Å². The monoisotopic (exact) mass is 300 g/mol. The lowest BCUT2D eigenvalue weighted by Gasteiger charge is -2.15. The van der Waals surface area contributed by atoms with Crippen molar-refractivity contribution >= 4 is 23.1 Å². The second-order valence-corrected chi connectivity index (χ2v) is 4.49. The average molecular weight is 300 g/mol. The van der Waals surface area contributed by atoms with E-state index in [-0.39, 0.29) is 22.2 Å². The van der Waals surface area contributed by atoms with Crippen molar-refractivity contribution in [2.75, 3.05) is 20.3 Å². The molecular weight excluding hydrogens is 283 g/mol. The fourth-order valence-corrected chi connectivity index (χ4v) is 1.61. The standard InChI is InChI=1S/C13H17FN2O3S/c1-8(13(17)16-5-6-18-2)19-9-3-4-10(12(15)20)11(14)7-9/h3-4,7-8H,5-6H2,1-2H3,(H2,15,20)(H,16,17). The lowest BCUT2D eigenvalue weighted by Crippen LogP contribution is -2.37. The highest BCUT2D eigenvalue weighted by molar-refractivity contribution is 7.80. The van der Waals surface area contributed by atoms with Crippen LogP contribution in [0.2, 0.25) is 0 Å². The highest BCUT2D eigenvalue weighted by atomic mass is 32.1. The molecule has 0 aliphatic carbocycles. The Morgan fingerprint density at radius 3 is 2.80 bits per heavy atom. The van der Waals surface area contributed by atoms with Gasteiger partial charge in [-0.15, -0.1) is 0 Å². The molecule has 0 saturated heterocycles. The van der Waals surface area contributed by atoms with Crippen LogP contribution in [0.25, 0.3) is 0 Å². The van der Waals surface area contributed by atoms with Crippen molar-refractivity contribution in [3.05, 3.63) is 29.6 Å². The first kappa shape index (κ1) is 16.3. The number of halogens is 1. The van der Waals surface area contributed by atoms with Crippen LogP contribution in [0.1, 0.15) is 12.5 Å². The summed E-state index contributed by atoms with van der Waals surface area (Å²) in [5.74, 6) is -0.653. The fraction of sp³-hybridized carbons (Fsp3) is 0.385. The van der Waals surface area contributed by atoms with E-state index in [2.05, 4.69) is 5.32 Å². The molecule has 0 radical (unpaired) electrons. The molecule has 0 aromatic heterocycles. The molecule has 5 nitrogen and oxygen atoms in total. The Bertz CT molecular complexity index is 497. The number of carbonyl (C=O) groups is 1. The van der Waals surface area contributed by atoms with Crippen molar-refractivity contribution in [3.63, 3.8) is 0 Å². The van der Waals surface area contributed by atoms with Gasteiger partial charge in [-0.05, 0) is 19.1 Å². The summed E-state index contributed by atoms with van der Waals surface area (Å²) in [5.41, 5.74) is 5.50. The number of rotatable bonds is 7. The van der Waals surface area contributed by atoms with Crippen molar-refractivity contribution in [2.45, 2.75) is 13.0 Å². The summed E-state index contributed by atoms with van der Waals surface area (Å²) in [6, 6.07) is 4.08. The summed E-state index contributed by atoms with van der Waals surface area (Å²) < 4.78 is 23.8. The molecule has 3 N–H and O–H groups in total. The third-order valence-corrected chi connectivity index (χ3v) is 2.71. The maximum absolute atomic E-state index is 13.6. The van der Waals surface area contributed by atoms with Gasteiger partial charge in [0.15, 0.2) is 6.10 Å². The second kappa shape index (κ2) is 7.76. The number of benzene rings is 1. The SMILES string of the molecule is COCCNC(=O)C(C)Oc1ccc(C(N)=S)c(F)c1. The molecule has 1 amide bonds. The second-order valence-electron chi connectivity index (χ2n) is 4.05. The molecule has 7 heteroatoms. The van der Waals surface area contributed by atoms with Crippen molar-refractivity contribution in [1.29, 1.82) is 0 Å². The number of nitrogens with one attached hydrogen (secondary N) is 1. The molecule has 20 heavy (non-hydrogen) atoms. The number of ether oxygens (including phenoxy) is 2. The van der Waals surface area contributed by atoms with Crippen LogP contribution in [-0.4, -0.2) is 37.3 Å². The van der Waals surface area contributed by atoms with Gasteiger partial charge in [-0.2, -0.15) is 0 Å². The first-order valence-electron chi connectivity index (χ1n) is 5.98. The van der Waals surface area contributed by atoms with Gasteiger partial charge in [-0.1, -0.05) is 12.2 Å². The van der Waals surface area contributed by atoms with Gasteiger partial charge in [0.1, 0.15) is 16.6 Å². The summed E-state index contributed by atoms with van der Waals surface area (Å²) in [6.07, 6.45) is -0.748. The van der Waals surface area contributed by atoms with E-state index in [0.717, 1.165) is 6.07 Å². The Labute approximate surface area is 122 Å². The number of nitrogens with two attached hydrogens (primary N) is 1. The fourth-order valence-electron chi connectivity index (χ4n) is 1.45. The molecule has 1 rings (SSSR count). The Hall–Kier alpha value is -1.73. The Morgan fingerprint density at radius 2 is 2.25 bits per heavy atom. The molecule has 1 aromatic rings. The molecule has 0 aliphatic heterocycles. The molecule has 0 saturated carbocycles. The molecule has 110 valence electrons. The van der Waals surface area contributed by atoms with Gasteiger partial charge in [0, 0.05) is 25.3 Å². The minimum absolute atomic E-state index is 0.0283. The molecular formula is C13H17FN2O3S. The van der Waals surface area contributed by atoms with E-state index in [1.807, 2.05) is 0 Å². The number of thiocarbonyl (C=S) groups is 1. The van der Waals surface area contributed by atoms with Crippen LogP contribution in [0, 0.1) is 5.82 Å². The summed E-state index contributed by atoms with van der Waals surface area (Å²) in [6.45, 7) is 2.37. The molecule has 1 aromatic carbocycles. The highest BCUT2D eigenvalue weighted by Crippen LogP contribution is 2.18. The van der Waals surface area contributed by atoms with E-state index in [1.54, 1.807) is 6.92 Å². The van der Waals surface area contributed by atoms with Gasteiger partial charge in [-0.3, -0.25) is 4.79 Å². The number of hydrogen-bond acceptors (Lipinski definition) is 4. The van der Waals surface area contributed by atoms with Crippen LogP contribution in [0.3, 0.4) is 0 Å². The predicted octanol–water partition coefficient (Wildman–Crippen LogP) is 0.990. The van der Waals surface area contributed by atoms with E-state index in [1.165, 1.54) is 19.2 Å². The van der Waals surface area contributed by atoms with Crippen LogP contribution in [-0.2, 0) is 9.53 Å². The van der Waals surface area contributed by atoms with Crippen LogP contribution < -0.4 is 15.8 Å². The molecule has 0 fully saturated rings. The van der Waals surface area contributed by atoms with Crippen molar-refractivity contribution < 1.29 is 18.7 Å². The summed E-state index contributed by atoms with van der Waals surface area (Å²) in [5, 5.41) is 2.62. The lowest BCUT2D eigenvalue weighted by atomic mass is 10.2. The molecule has 1 unspecified atom stereocenters. The van der Waals surface area contributed by atoms with Crippen LogP contribution in [0.4, 0.5) is 4.39 Å². The quantitative estimate of drug-likeness (QED) is 0.580. The first-order valence-corrected chi connectivity index (χ1v) is 6.39. The topological polar surface area (TPSA) is 73.6 Å². The van der Waals surface area contributed by atoms with E-state index in [9.17, 15) is 9.18 Å². The molecule has 0 spiro atoms. The number of methoxy groups -OCH3 is 1. The average Bonchev–Trinajstić information content (AvgIpc) is 2.38. The van der Waals surface area contributed by atoms with Gasteiger partial charge in [0.25, 0.3) is 5.91 Å². The minimum Gasteiger partial charge on any atom is -0.481 e. The summed E-state index contributed by atoms with van der Waals surface area (Å²) in [4.78, 5) is 11.6. The first-order chi connectivity index (χ1) is 9.45. The smallest absolute Gasteiger partial charge is 0.260 e. The Kier molecular flexibility index (Phi) is 6.33. The van der Waals surface area contributed by atoms with Crippen molar-refractivity contribution in [3.8, 4) is 5.75 Å². The van der Waals surface area contributed by atoms with Gasteiger partial charge in [0.05, 0.1) is 6.61 Å². The number of amides is 1. The zero-order valence-corrected chi connectivity index (χ0v) is 12.1. The lowest BCUT2D eigenvalue weighted by molar-refractivity contribution is -0.127. The van der Waals surface area contributed by atoms with Gasteiger partial charge in [-0.25, -0.2) is 4.39 Å². The van der Waals surface area contributed by atoms with Gasteiger partial charge >= 0.3 is 0 Å². The predicted molar refractivity (Wildman–Crippen MR) is 77.3 cm³/mol. The van der Waals surface area contributed by atoms with E-state index >= 15 is 0 Å². The molecule has 0 bridgehead atoms. The number of carbonyl (C=O) groups excluding carboxylic acids is 1. The highest BCUT2D eigenvalue weighted by Gasteiger charge is 2.15. The summed E-state index contributed by atoms with van der Waals surface area (Å²) in [7, 11) is 1.54. The maximum atomic E-state index is 13.6. The molecule has 1 atom stereocenters. The van der Waals surface area contributed by atoms with Crippen molar-refractivity contribution in [1.82, 2.24) is 5.32 Å². The van der Waals surface area contributed by atoms with E-state index in [0.29, 0.717) is 13.2 Å². The minimum atomic E-state index is -0.748. The van der Waals surface area contributed by atoms with E-state index in [4.69, 9.17) is 27.4 Å². The Morgan fingerprint density at radius 1 is 1.55 bits per heavy atom. The molecule has 0 aliphatic rings. The number of hydrogen-bond donors (Lipinski definition) is 2.